The largest absolute Gasteiger partial charge is 0.497 e. The van der Waals surface area contributed by atoms with Crippen LogP contribution in [0.1, 0.15) is 57.4 Å². The lowest BCUT2D eigenvalue weighted by Crippen LogP contribution is -2.45. The van der Waals surface area contributed by atoms with Crippen molar-refractivity contribution in [2.24, 2.45) is 11.3 Å². The Labute approximate surface area is 185 Å². The van der Waals surface area contributed by atoms with Crippen molar-refractivity contribution in [3.63, 3.8) is 0 Å². The monoisotopic (exact) mass is 444 g/mol. The fourth-order valence-corrected chi connectivity index (χ4v) is 4.35. The van der Waals surface area contributed by atoms with E-state index in [1.165, 1.54) is 83.1 Å². The minimum Gasteiger partial charge on any atom is -0.497 e. The van der Waals surface area contributed by atoms with Gasteiger partial charge in [0, 0.05) is 0 Å². The fraction of sp³-hybridized carbons (Fsp3) is 0.708. The molecule has 1 heterocycles. The van der Waals surface area contributed by atoms with E-state index in [0.717, 1.165) is 11.3 Å². The van der Waals surface area contributed by atoms with E-state index >= 15 is 0 Å². The molecule has 1 spiro atoms. The van der Waals surface area contributed by atoms with Crippen LogP contribution in [-0.2, 0) is 4.79 Å². The zero-order valence-electron chi connectivity index (χ0n) is 19.6. The molecule has 7 heteroatoms. The quantitative estimate of drug-likeness (QED) is 0.606. The molecule has 31 heavy (non-hydrogen) atoms. The van der Waals surface area contributed by atoms with E-state index in [4.69, 9.17) is 4.74 Å². The number of carbonyl (C=O) groups excluding carboxylic acids is 1. The first kappa shape index (κ1) is 27.4. The van der Waals surface area contributed by atoms with Gasteiger partial charge in [0.15, 0.2) is 0 Å². The van der Waals surface area contributed by atoms with E-state index in [2.05, 4.69) is 24.3 Å². The smallest absolute Gasteiger partial charge is 0.402 e. The topological polar surface area (TPSA) is 41.6 Å². The molecule has 3 rings (SSSR count). The van der Waals surface area contributed by atoms with Crippen molar-refractivity contribution in [1.29, 1.82) is 0 Å². The summed E-state index contributed by atoms with van der Waals surface area (Å²) in [4.78, 5) is 12.7. The zero-order valence-corrected chi connectivity index (χ0v) is 19.6. The Kier molecular flexibility index (Phi) is 11.6. The van der Waals surface area contributed by atoms with Crippen molar-refractivity contribution in [1.82, 2.24) is 10.2 Å². The fourth-order valence-electron chi connectivity index (χ4n) is 4.35. The number of rotatable bonds is 6. The van der Waals surface area contributed by atoms with Crippen molar-refractivity contribution in [2.75, 3.05) is 40.8 Å². The maximum Gasteiger partial charge on any atom is 0.402 e. The number of alkyl halides is 3. The molecular formula is C24H39F3N2O2. The van der Waals surface area contributed by atoms with E-state index in [1.54, 1.807) is 0 Å². The molecule has 1 N–H and O–H groups in total. The summed E-state index contributed by atoms with van der Waals surface area (Å²) in [5.41, 5.74) is 0.666. The Balaban J connectivity index is 0.000000287. The molecule has 1 aliphatic carbocycles. The Morgan fingerprint density at radius 2 is 1.84 bits per heavy atom. The highest BCUT2D eigenvalue weighted by molar-refractivity contribution is 5.64. The second-order valence-electron chi connectivity index (χ2n) is 8.55. The van der Waals surface area contributed by atoms with Gasteiger partial charge >= 0.3 is 6.18 Å². The maximum absolute atomic E-state index is 12.4. The molecule has 0 bridgehead atoms. The van der Waals surface area contributed by atoms with E-state index < -0.39 is 12.1 Å². The molecule has 1 unspecified atom stereocenters. The number of carbonyl (C=O) groups is 1. The third kappa shape index (κ3) is 8.81. The van der Waals surface area contributed by atoms with Gasteiger partial charge < -0.3 is 19.7 Å². The second kappa shape index (κ2) is 13.1. The number of nitrogens with zero attached hydrogens (tertiary/aromatic N) is 1. The van der Waals surface area contributed by atoms with Crippen LogP contribution in [0.25, 0.3) is 0 Å². The SMILES string of the molecule is CC.CN(C)CCC1CC2(CCNCC2)C1.COc1cccc(C(C=O)C(F)(F)F)c1. The summed E-state index contributed by atoms with van der Waals surface area (Å²) >= 11 is 0. The Morgan fingerprint density at radius 1 is 1.23 bits per heavy atom. The van der Waals surface area contributed by atoms with Crippen molar-refractivity contribution in [3.05, 3.63) is 29.8 Å². The van der Waals surface area contributed by atoms with Gasteiger partial charge in [-0.2, -0.15) is 13.2 Å². The molecule has 2 aliphatic rings. The van der Waals surface area contributed by atoms with Gasteiger partial charge in [-0.1, -0.05) is 26.0 Å². The molecule has 178 valence electrons. The molecule has 1 atom stereocenters. The van der Waals surface area contributed by atoms with Gasteiger partial charge in [-0.25, -0.2) is 0 Å². The van der Waals surface area contributed by atoms with Crippen LogP contribution in [0.4, 0.5) is 13.2 Å². The summed E-state index contributed by atoms with van der Waals surface area (Å²) in [6.45, 7) is 7.81. The van der Waals surface area contributed by atoms with E-state index in [9.17, 15) is 18.0 Å². The summed E-state index contributed by atoms with van der Waals surface area (Å²) < 4.78 is 41.9. The minimum absolute atomic E-state index is 0.114. The Bertz CT molecular complexity index is 636. The van der Waals surface area contributed by atoms with Gasteiger partial charge in [-0.3, -0.25) is 0 Å². The molecule has 1 saturated carbocycles. The van der Waals surface area contributed by atoms with Crippen LogP contribution in [-0.4, -0.2) is 58.2 Å². The molecule has 4 nitrogen and oxygen atoms in total. The van der Waals surface area contributed by atoms with Crippen molar-refractivity contribution in [3.8, 4) is 5.75 Å². The molecule has 2 fully saturated rings. The molecule has 1 saturated heterocycles. The Morgan fingerprint density at radius 3 is 2.32 bits per heavy atom. The van der Waals surface area contributed by atoms with Crippen molar-refractivity contribution < 1.29 is 22.7 Å². The van der Waals surface area contributed by atoms with Crippen LogP contribution >= 0.6 is 0 Å². The molecule has 0 amide bonds. The molecule has 1 aromatic rings. The van der Waals surface area contributed by atoms with E-state index in [0.29, 0.717) is 5.75 Å². The molecular weight excluding hydrogens is 405 g/mol. The number of halogens is 3. The summed E-state index contributed by atoms with van der Waals surface area (Å²) in [6.07, 6.45) is 2.65. The van der Waals surface area contributed by atoms with Crippen LogP contribution in [0.5, 0.6) is 5.75 Å². The lowest BCUT2D eigenvalue weighted by atomic mass is 9.57. The number of hydrogen-bond donors (Lipinski definition) is 1. The van der Waals surface area contributed by atoms with Gasteiger partial charge in [0.1, 0.15) is 18.0 Å². The first-order valence-corrected chi connectivity index (χ1v) is 11.2. The van der Waals surface area contributed by atoms with Crippen LogP contribution in [0.3, 0.4) is 0 Å². The first-order chi connectivity index (χ1) is 14.7. The van der Waals surface area contributed by atoms with Crippen molar-refractivity contribution >= 4 is 6.29 Å². The molecule has 1 aliphatic heterocycles. The number of piperidine rings is 1. The van der Waals surface area contributed by atoms with Crippen molar-refractivity contribution in [2.45, 2.75) is 58.0 Å². The van der Waals surface area contributed by atoms with E-state index in [1.807, 2.05) is 13.8 Å². The summed E-state index contributed by atoms with van der Waals surface area (Å²) in [5, 5.41) is 3.46. The normalized spacial score (nSPS) is 18.7. The summed E-state index contributed by atoms with van der Waals surface area (Å²) in [6, 6.07) is 5.37. The van der Waals surface area contributed by atoms with E-state index in [-0.39, 0.29) is 11.8 Å². The van der Waals surface area contributed by atoms with Gasteiger partial charge in [0.05, 0.1) is 7.11 Å². The highest BCUT2D eigenvalue weighted by atomic mass is 19.4. The van der Waals surface area contributed by atoms with Gasteiger partial charge in [-0.05, 0) is 94.9 Å². The first-order valence-electron chi connectivity index (χ1n) is 11.2. The molecule has 0 radical (unpaired) electrons. The zero-order chi connectivity index (χ0) is 23.5. The van der Waals surface area contributed by atoms with Gasteiger partial charge in [-0.15, -0.1) is 0 Å². The summed E-state index contributed by atoms with van der Waals surface area (Å²) in [7, 11) is 5.71. The molecule has 0 aromatic heterocycles. The highest BCUT2D eigenvalue weighted by Crippen LogP contribution is 2.52. The standard InChI is InChI=1S/C12H24N2.C10H9F3O2.C2H6/c1-14(2)8-3-11-9-12(10-11)4-6-13-7-5-12;1-15-8-4-2-3-7(5-8)9(6-14)10(11,12)13;1-2/h11,13H,3-10H2,1-2H3;2-6,9H,1H3;1-2H3. The number of ether oxygens (including phenoxy) is 1. The lowest BCUT2D eigenvalue weighted by Gasteiger charge is -2.51. The minimum atomic E-state index is -4.56. The number of methoxy groups -OCH3 is 1. The van der Waals surface area contributed by atoms with Gasteiger partial charge in [0.25, 0.3) is 0 Å². The maximum atomic E-state index is 12.4. The number of nitrogens with one attached hydrogen (secondary N) is 1. The Hall–Kier alpha value is -1.60. The number of aldehydes is 1. The second-order valence-corrected chi connectivity index (χ2v) is 8.55. The highest BCUT2D eigenvalue weighted by Gasteiger charge is 2.43. The average Bonchev–Trinajstić information content (AvgIpc) is 2.73. The van der Waals surface area contributed by atoms with Crippen LogP contribution in [0.15, 0.2) is 24.3 Å². The number of benzene rings is 1. The average molecular weight is 445 g/mol. The number of hydrogen-bond acceptors (Lipinski definition) is 4. The van der Waals surface area contributed by atoms with Crippen LogP contribution in [0, 0.1) is 11.3 Å². The molecule has 1 aromatic carbocycles. The third-order valence-electron chi connectivity index (χ3n) is 6.03. The van der Waals surface area contributed by atoms with Gasteiger partial charge in [0.2, 0.25) is 0 Å². The summed E-state index contributed by atoms with van der Waals surface area (Å²) in [5.74, 6) is -0.758. The predicted molar refractivity (Wildman–Crippen MR) is 120 cm³/mol. The third-order valence-corrected chi connectivity index (χ3v) is 6.03. The van der Waals surface area contributed by atoms with Crippen LogP contribution in [0.2, 0.25) is 0 Å². The predicted octanol–water partition coefficient (Wildman–Crippen LogP) is 5.28. The lowest BCUT2D eigenvalue weighted by molar-refractivity contribution is -0.155. The van der Waals surface area contributed by atoms with Crippen LogP contribution < -0.4 is 10.1 Å².